The summed E-state index contributed by atoms with van der Waals surface area (Å²) in [5.74, 6) is -0.104. The van der Waals surface area contributed by atoms with Gasteiger partial charge >= 0.3 is 0 Å². The van der Waals surface area contributed by atoms with E-state index in [0.717, 1.165) is 5.69 Å². The highest BCUT2D eigenvalue weighted by atomic mass is 79.9. The zero-order chi connectivity index (χ0) is 12.8. The summed E-state index contributed by atoms with van der Waals surface area (Å²) in [6.07, 6.45) is 0. The SMILES string of the molecule is CCn1nc(C)cc1C(=O)NCC(Br)COC. The van der Waals surface area contributed by atoms with Crippen LogP contribution in [0.3, 0.4) is 0 Å². The van der Waals surface area contributed by atoms with Crippen LogP contribution in [0.2, 0.25) is 0 Å². The van der Waals surface area contributed by atoms with E-state index in [2.05, 4.69) is 26.3 Å². The number of amides is 1. The number of nitrogens with zero attached hydrogens (tertiary/aromatic N) is 2. The van der Waals surface area contributed by atoms with Crippen LogP contribution in [0, 0.1) is 6.92 Å². The first-order valence-corrected chi connectivity index (χ1v) is 6.45. The fourth-order valence-electron chi connectivity index (χ4n) is 1.50. The van der Waals surface area contributed by atoms with E-state index in [1.165, 1.54) is 0 Å². The fraction of sp³-hybridized carbons (Fsp3) is 0.636. The van der Waals surface area contributed by atoms with Crippen molar-refractivity contribution in [3.05, 3.63) is 17.5 Å². The lowest BCUT2D eigenvalue weighted by molar-refractivity contribution is 0.0939. The van der Waals surface area contributed by atoms with Crippen molar-refractivity contribution in [2.24, 2.45) is 0 Å². The molecule has 1 rings (SSSR count). The molecule has 1 atom stereocenters. The number of ether oxygens (including phenoxy) is 1. The second-order valence-corrected chi connectivity index (χ2v) is 5.04. The fourth-order valence-corrected chi connectivity index (χ4v) is 1.93. The number of alkyl halides is 1. The molecule has 1 unspecified atom stereocenters. The standard InChI is InChI=1S/C11H18BrN3O2/c1-4-15-10(5-8(2)14-15)11(16)13-6-9(12)7-17-3/h5,9H,4,6-7H2,1-3H3,(H,13,16). The highest BCUT2D eigenvalue weighted by Gasteiger charge is 2.14. The van der Waals surface area contributed by atoms with E-state index in [-0.39, 0.29) is 10.7 Å². The number of carbonyl (C=O) groups is 1. The Balaban J connectivity index is 2.57. The lowest BCUT2D eigenvalue weighted by Crippen LogP contribution is -2.32. The van der Waals surface area contributed by atoms with Crippen LogP contribution in [0.1, 0.15) is 23.1 Å². The molecule has 1 amide bonds. The molecule has 1 N–H and O–H groups in total. The molecule has 0 aliphatic carbocycles. The summed E-state index contributed by atoms with van der Waals surface area (Å²) in [4.78, 5) is 12.0. The molecule has 0 aliphatic heterocycles. The molecule has 1 aromatic rings. The van der Waals surface area contributed by atoms with E-state index in [1.54, 1.807) is 17.9 Å². The minimum atomic E-state index is -0.104. The maximum Gasteiger partial charge on any atom is 0.269 e. The highest BCUT2D eigenvalue weighted by molar-refractivity contribution is 9.09. The molecule has 0 aliphatic rings. The van der Waals surface area contributed by atoms with Crippen molar-refractivity contribution in [3.8, 4) is 0 Å². The Morgan fingerprint density at radius 3 is 3.00 bits per heavy atom. The first-order valence-electron chi connectivity index (χ1n) is 5.54. The molecule has 0 spiro atoms. The largest absolute Gasteiger partial charge is 0.383 e. The summed E-state index contributed by atoms with van der Waals surface area (Å²) in [5, 5.41) is 7.08. The summed E-state index contributed by atoms with van der Waals surface area (Å²) in [5.41, 5.74) is 1.45. The van der Waals surface area contributed by atoms with Crippen LogP contribution in [-0.4, -0.2) is 40.8 Å². The maximum absolute atomic E-state index is 11.9. The van der Waals surface area contributed by atoms with Crippen molar-refractivity contribution in [2.75, 3.05) is 20.3 Å². The van der Waals surface area contributed by atoms with Crippen LogP contribution in [0.4, 0.5) is 0 Å². The third kappa shape index (κ3) is 4.12. The minimum absolute atomic E-state index is 0.104. The van der Waals surface area contributed by atoms with Crippen molar-refractivity contribution < 1.29 is 9.53 Å². The van der Waals surface area contributed by atoms with Gasteiger partial charge in [0.1, 0.15) is 5.69 Å². The number of aryl methyl sites for hydroxylation is 2. The van der Waals surface area contributed by atoms with Crippen molar-refractivity contribution in [1.29, 1.82) is 0 Å². The normalized spacial score (nSPS) is 12.5. The quantitative estimate of drug-likeness (QED) is 0.807. The Morgan fingerprint density at radius 1 is 1.71 bits per heavy atom. The van der Waals surface area contributed by atoms with Gasteiger partial charge in [-0.1, -0.05) is 15.9 Å². The number of hydrogen-bond donors (Lipinski definition) is 1. The van der Waals surface area contributed by atoms with Crippen LogP contribution in [0.25, 0.3) is 0 Å². The Labute approximate surface area is 110 Å². The molecule has 0 saturated carbocycles. The van der Waals surface area contributed by atoms with Crippen molar-refractivity contribution >= 4 is 21.8 Å². The Hall–Kier alpha value is -0.880. The second kappa shape index (κ2) is 6.76. The smallest absolute Gasteiger partial charge is 0.269 e. The van der Waals surface area contributed by atoms with Gasteiger partial charge in [-0.3, -0.25) is 9.48 Å². The summed E-state index contributed by atoms with van der Waals surface area (Å²) in [7, 11) is 1.63. The average molecular weight is 304 g/mol. The van der Waals surface area contributed by atoms with Crippen LogP contribution in [-0.2, 0) is 11.3 Å². The number of halogens is 1. The average Bonchev–Trinajstić information content (AvgIpc) is 2.68. The van der Waals surface area contributed by atoms with Crippen LogP contribution < -0.4 is 5.32 Å². The molecular formula is C11H18BrN3O2. The van der Waals surface area contributed by atoms with Gasteiger partial charge < -0.3 is 10.1 Å². The van der Waals surface area contributed by atoms with Gasteiger partial charge in [-0.15, -0.1) is 0 Å². The molecule has 0 saturated heterocycles. The summed E-state index contributed by atoms with van der Waals surface area (Å²) in [6, 6.07) is 1.79. The first kappa shape index (κ1) is 14.2. The molecule has 0 radical (unpaired) electrons. The van der Waals surface area contributed by atoms with Crippen molar-refractivity contribution in [1.82, 2.24) is 15.1 Å². The molecule has 5 nitrogen and oxygen atoms in total. The molecule has 96 valence electrons. The van der Waals surface area contributed by atoms with E-state index in [9.17, 15) is 4.79 Å². The van der Waals surface area contributed by atoms with Crippen molar-refractivity contribution in [3.63, 3.8) is 0 Å². The molecule has 17 heavy (non-hydrogen) atoms. The predicted octanol–water partition coefficient (Wildman–Crippen LogP) is 1.35. The van der Waals surface area contributed by atoms with Gasteiger partial charge in [0.15, 0.2) is 0 Å². The topological polar surface area (TPSA) is 56.2 Å². The Kier molecular flexibility index (Phi) is 5.64. The second-order valence-electron chi connectivity index (χ2n) is 3.75. The van der Waals surface area contributed by atoms with E-state index >= 15 is 0 Å². The van der Waals surface area contributed by atoms with Crippen LogP contribution in [0.5, 0.6) is 0 Å². The molecule has 0 bridgehead atoms. The predicted molar refractivity (Wildman–Crippen MR) is 69.6 cm³/mol. The summed E-state index contributed by atoms with van der Waals surface area (Å²) < 4.78 is 6.67. The van der Waals surface area contributed by atoms with Gasteiger partial charge in [0.05, 0.1) is 17.1 Å². The zero-order valence-corrected chi connectivity index (χ0v) is 12.0. The number of hydrogen-bond acceptors (Lipinski definition) is 3. The molecule has 0 fully saturated rings. The Morgan fingerprint density at radius 2 is 2.41 bits per heavy atom. The third-order valence-corrected chi connectivity index (χ3v) is 2.85. The number of methoxy groups -OCH3 is 1. The molecule has 1 heterocycles. The number of carbonyl (C=O) groups excluding carboxylic acids is 1. The lowest BCUT2D eigenvalue weighted by Gasteiger charge is -2.10. The van der Waals surface area contributed by atoms with Crippen molar-refractivity contribution in [2.45, 2.75) is 25.2 Å². The monoisotopic (exact) mass is 303 g/mol. The van der Waals surface area contributed by atoms with E-state index in [4.69, 9.17) is 4.74 Å². The molecular weight excluding hydrogens is 286 g/mol. The number of aromatic nitrogens is 2. The van der Waals surface area contributed by atoms with E-state index in [1.807, 2.05) is 13.8 Å². The molecule has 6 heteroatoms. The number of nitrogens with one attached hydrogen (secondary N) is 1. The van der Waals surface area contributed by atoms with Gasteiger partial charge in [0.25, 0.3) is 5.91 Å². The summed E-state index contributed by atoms with van der Waals surface area (Å²) >= 11 is 3.42. The Bertz CT molecular complexity index is 379. The lowest BCUT2D eigenvalue weighted by atomic mass is 10.3. The van der Waals surface area contributed by atoms with Crippen LogP contribution >= 0.6 is 15.9 Å². The number of rotatable bonds is 6. The van der Waals surface area contributed by atoms with Gasteiger partial charge in [0, 0.05) is 20.2 Å². The molecule has 1 aromatic heterocycles. The van der Waals surface area contributed by atoms with Crippen LogP contribution in [0.15, 0.2) is 6.07 Å². The van der Waals surface area contributed by atoms with E-state index in [0.29, 0.717) is 25.4 Å². The minimum Gasteiger partial charge on any atom is -0.383 e. The third-order valence-electron chi connectivity index (χ3n) is 2.27. The molecule has 0 aromatic carbocycles. The van der Waals surface area contributed by atoms with Gasteiger partial charge in [-0.2, -0.15) is 5.10 Å². The van der Waals surface area contributed by atoms with Gasteiger partial charge in [-0.05, 0) is 19.9 Å². The zero-order valence-electron chi connectivity index (χ0n) is 10.4. The van der Waals surface area contributed by atoms with E-state index < -0.39 is 0 Å². The van der Waals surface area contributed by atoms with Gasteiger partial charge in [-0.25, -0.2) is 0 Å². The first-order chi connectivity index (χ1) is 8.08. The summed E-state index contributed by atoms with van der Waals surface area (Å²) in [6.45, 7) is 5.61. The van der Waals surface area contributed by atoms with Gasteiger partial charge in [0.2, 0.25) is 0 Å². The maximum atomic E-state index is 11.9. The highest BCUT2D eigenvalue weighted by Crippen LogP contribution is 2.04.